The van der Waals surface area contributed by atoms with Crippen LogP contribution in [0.3, 0.4) is 0 Å². The predicted molar refractivity (Wildman–Crippen MR) is 125 cm³/mol. The Labute approximate surface area is 199 Å². The van der Waals surface area contributed by atoms with Gasteiger partial charge in [0.1, 0.15) is 0 Å². The Morgan fingerprint density at radius 1 is 1.00 bits per heavy atom. The van der Waals surface area contributed by atoms with Crippen molar-refractivity contribution in [2.75, 3.05) is 39.8 Å². The molecule has 1 amide bonds. The van der Waals surface area contributed by atoms with Gasteiger partial charge in [0.2, 0.25) is 5.91 Å². The van der Waals surface area contributed by atoms with Crippen LogP contribution in [0.4, 0.5) is 13.2 Å². The SMILES string of the molecule is CN1CCN(C(=O)CNC2CC2c2ccc(-c3ccccc3C(F)(F)F)cc2)CC1.Cl.Cl. The number of nitrogens with one attached hydrogen (secondary N) is 1. The lowest BCUT2D eigenvalue weighted by Crippen LogP contribution is -2.49. The minimum atomic E-state index is -4.38. The quantitative estimate of drug-likeness (QED) is 0.674. The van der Waals surface area contributed by atoms with Gasteiger partial charge in [-0.2, -0.15) is 13.2 Å². The van der Waals surface area contributed by atoms with Gasteiger partial charge in [-0.1, -0.05) is 42.5 Å². The van der Waals surface area contributed by atoms with E-state index in [9.17, 15) is 18.0 Å². The van der Waals surface area contributed by atoms with Crippen LogP contribution in [-0.4, -0.2) is 61.5 Å². The van der Waals surface area contributed by atoms with Gasteiger partial charge in [-0.15, -0.1) is 24.8 Å². The van der Waals surface area contributed by atoms with Crippen LogP contribution in [0.5, 0.6) is 0 Å². The Morgan fingerprint density at radius 2 is 1.62 bits per heavy atom. The number of amides is 1. The summed E-state index contributed by atoms with van der Waals surface area (Å²) >= 11 is 0. The van der Waals surface area contributed by atoms with E-state index < -0.39 is 11.7 Å². The lowest BCUT2D eigenvalue weighted by atomic mass is 9.97. The van der Waals surface area contributed by atoms with Gasteiger partial charge in [0.15, 0.2) is 0 Å². The molecule has 0 aromatic heterocycles. The van der Waals surface area contributed by atoms with Crippen molar-refractivity contribution in [3.8, 4) is 11.1 Å². The number of hydrogen-bond acceptors (Lipinski definition) is 3. The predicted octanol–water partition coefficient (Wildman–Crippen LogP) is 4.44. The van der Waals surface area contributed by atoms with Gasteiger partial charge in [0, 0.05) is 38.1 Å². The number of hydrogen-bond donors (Lipinski definition) is 1. The lowest BCUT2D eigenvalue weighted by molar-refractivity contribution is -0.137. The molecule has 2 aliphatic rings. The van der Waals surface area contributed by atoms with Crippen molar-refractivity contribution in [3.05, 3.63) is 59.7 Å². The summed E-state index contributed by atoms with van der Waals surface area (Å²) in [5, 5.41) is 3.34. The van der Waals surface area contributed by atoms with Crippen LogP contribution in [0.25, 0.3) is 11.1 Å². The summed E-state index contributed by atoms with van der Waals surface area (Å²) < 4.78 is 39.8. The van der Waals surface area contributed by atoms with Crippen LogP contribution in [0.15, 0.2) is 48.5 Å². The van der Waals surface area contributed by atoms with Crippen molar-refractivity contribution in [1.29, 1.82) is 0 Å². The van der Waals surface area contributed by atoms with E-state index >= 15 is 0 Å². The zero-order valence-corrected chi connectivity index (χ0v) is 19.4. The van der Waals surface area contributed by atoms with Gasteiger partial charge in [-0.3, -0.25) is 4.79 Å². The molecule has 1 aliphatic carbocycles. The van der Waals surface area contributed by atoms with Gasteiger partial charge >= 0.3 is 6.18 Å². The van der Waals surface area contributed by atoms with E-state index in [2.05, 4.69) is 17.3 Å². The Kier molecular flexibility index (Phi) is 8.99. The van der Waals surface area contributed by atoms with Gasteiger partial charge in [-0.25, -0.2) is 0 Å². The van der Waals surface area contributed by atoms with Crippen molar-refractivity contribution < 1.29 is 18.0 Å². The zero-order valence-electron chi connectivity index (χ0n) is 17.8. The largest absolute Gasteiger partial charge is 0.417 e. The first kappa shape index (κ1) is 26.5. The van der Waals surface area contributed by atoms with Gasteiger partial charge in [0.25, 0.3) is 0 Å². The molecule has 4 rings (SSSR count). The first-order valence-corrected chi connectivity index (χ1v) is 10.3. The highest BCUT2D eigenvalue weighted by molar-refractivity contribution is 5.85. The second-order valence-electron chi connectivity index (χ2n) is 8.18. The molecule has 0 bridgehead atoms. The summed E-state index contributed by atoms with van der Waals surface area (Å²) in [5.74, 6) is 0.435. The summed E-state index contributed by atoms with van der Waals surface area (Å²) in [6.45, 7) is 3.68. The van der Waals surface area contributed by atoms with Crippen molar-refractivity contribution in [2.45, 2.75) is 24.6 Å². The molecule has 1 saturated carbocycles. The van der Waals surface area contributed by atoms with E-state index in [0.29, 0.717) is 18.0 Å². The van der Waals surface area contributed by atoms with Crippen LogP contribution in [-0.2, 0) is 11.0 Å². The maximum absolute atomic E-state index is 13.3. The van der Waals surface area contributed by atoms with E-state index in [0.717, 1.165) is 44.2 Å². The third kappa shape index (κ3) is 6.16. The molecule has 0 spiro atoms. The first-order chi connectivity index (χ1) is 14.3. The van der Waals surface area contributed by atoms with Crippen LogP contribution < -0.4 is 5.32 Å². The molecule has 1 aliphatic heterocycles. The molecule has 32 heavy (non-hydrogen) atoms. The smallest absolute Gasteiger partial charge is 0.339 e. The van der Waals surface area contributed by atoms with Crippen molar-refractivity contribution >= 4 is 30.7 Å². The van der Waals surface area contributed by atoms with Crippen LogP contribution in [0.1, 0.15) is 23.5 Å². The third-order valence-corrected chi connectivity index (χ3v) is 6.04. The van der Waals surface area contributed by atoms with E-state index in [-0.39, 0.29) is 42.3 Å². The van der Waals surface area contributed by atoms with Gasteiger partial charge in [-0.05, 0) is 36.2 Å². The number of benzene rings is 2. The molecule has 9 heteroatoms. The zero-order chi connectivity index (χ0) is 21.3. The Hall–Kier alpha value is -1.80. The van der Waals surface area contributed by atoms with Crippen LogP contribution in [0, 0.1) is 0 Å². The highest BCUT2D eigenvalue weighted by Crippen LogP contribution is 2.42. The summed E-state index contributed by atoms with van der Waals surface area (Å²) in [6.07, 6.45) is -3.44. The highest BCUT2D eigenvalue weighted by Gasteiger charge is 2.38. The highest BCUT2D eigenvalue weighted by atomic mass is 35.5. The molecule has 2 atom stereocenters. The standard InChI is InChI=1S/C23H26F3N3O.2ClH/c1-28-10-12-29(13-11-28)22(30)15-27-21-14-19(21)17-8-6-16(7-9-17)18-4-2-3-5-20(18)23(24,25)26;;/h2-9,19,21,27H,10-15H2,1H3;2*1H. The normalized spacial score (nSPS) is 20.8. The van der Waals surface area contributed by atoms with Crippen molar-refractivity contribution in [3.63, 3.8) is 0 Å². The monoisotopic (exact) mass is 489 g/mol. The molecular weight excluding hydrogens is 462 g/mol. The second kappa shape index (κ2) is 10.9. The molecule has 1 saturated heterocycles. The minimum absolute atomic E-state index is 0. The molecule has 2 fully saturated rings. The molecule has 2 aromatic rings. The average Bonchev–Trinajstić information content (AvgIpc) is 3.52. The fourth-order valence-corrected chi connectivity index (χ4v) is 4.07. The summed E-state index contributed by atoms with van der Waals surface area (Å²) in [4.78, 5) is 16.5. The molecule has 1 heterocycles. The van der Waals surface area contributed by atoms with Crippen molar-refractivity contribution in [1.82, 2.24) is 15.1 Å². The van der Waals surface area contributed by atoms with E-state index in [1.165, 1.54) is 12.1 Å². The van der Waals surface area contributed by atoms with Crippen molar-refractivity contribution in [2.24, 2.45) is 0 Å². The maximum atomic E-state index is 13.3. The molecule has 176 valence electrons. The number of carbonyl (C=O) groups is 1. The molecular formula is C23H28Cl2F3N3O. The Balaban J connectivity index is 0.00000181. The van der Waals surface area contributed by atoms with E-state index in [4.69, 9.17) is 0 Å². The summed E-state index contributed by atoms with van der Waals surface area (Å²) in [7, 11) is 2.06. The number of nitrogens with zero attached hydrogens (tertiary/aromatic N) is 2. The Bertz CT molecular complexity index is 900. The van der Waals surface area contributed by atoms with Gasteiger partial charge < -0.3 is 15.1 Å². The number of rotatable bonds is 5. The lowest BCUT2D eigenvalue weighted by Gasteiger charge is -2.32. The summed E-state index contributed by atoms with van der Waals surface area (Å²) in [5.41, 5.74) is 1.22. The summed E-state index contributed by atoms with van der Waals surface area (Å²) in [6, 6.07) is 13.2. The molecule has 0 radical (unpaired) electrons. The molecule has 1 N–H and O–H groups in total. The third-order valence-electron chi connectivity index (χ3n) is 6.04. The Morgan fingerprint density at radius 3 is 2.25 bits per heavy atom. The van der Waals surface area contributed by atoms with E-state index in [1.54, 1.807) is 18.2 Å². The molecule has 4 nitrogen and oxygen atoms in total. The van der Waals surface area contributed by atoms with Crippen LogP contribution in [0.2, 0.25) is 0 Å². The van der Waals surface area contributed by atoms with Crippen LogP contribution >= 0.6 is 24.8 Å². The maximum Gasteiger partial charge on any atom is 0.417 e. The van der Waals surface area contributed by atoms with E-state index in [1.807, 2.05) is 17.0 Å². The fraction of sp³-hybridized carbons (Fsp3) is 0.435. The first-order valence-electron chi connectivity index (χ1n) is 10.3. The van der Waals surface area contributed by atoms with Gasteiger partial charge in [0.05, 0.1) is 12.1 Å². The number of likely N-dealkylation sites (N-methyl/N-ethyl adjacent to an activating group) is 1. The number of carbonyl (C=O) groups excluding carboxylic acids is 1. The second-order valence-corrected chi connectivity index (χ2v) is 8.18. The number of alkyl halides is 3. The molecule has 2 aromatic carbocycles. The average molecular weight is 490 g/mol. The number of halogens is 5. The number of piperazine rings is 1. The molecule has 2 unspecified atom stereocenters. The topological polar surface area (TPSA) is 35.6 Å². The minimum Gasteiger partial charge on any atom is -0.339 e. The fourth-order valence-electron chi connectivity index (χ4n) is 4.07.